The molecule has 2 N–H and O–H groups in total. The number of aliphatic hydroxyl groups excluding tert-OH is 1. The van der Waals surface area contributed by atoms with Gasteiger partial charge in [0.05, 0.1) is 24.2 Å². The second-order valence-corrected chi connectivity index (χ2v) is 5.80. The molecule has 0 radical (unpaired) electrons. The highest BCUT2D eigenvalue weighted by molar-refractivity contribution is 5.78. The van der Waals surface area contributed by atoms with E-state index in [0.29, 0.717) is 19.7 Å². The van der Waals surface area contributed by atoms with Crippen molar-refractivity contribution in [2.24, 2.45) is 0 Å². The summed E-state index contributed by atoms with van der Waals surface area (Å²) in [6, 6.07) is 14.2. The SMILES string of the molecule is Cc1cccc(C)c1OCCn1c(NCCO)nc2ccccc21. The molecule has 2 aromatic carbocycles. The Bertz CT molecular complexity index is 806. The number of benzene rings is 2. The number of fused-ring (bicyclic) bond motifs is 1. The fourth-order valence-corrected chi connectivity index (χ4v) is 2.87. The van der Waals surface area contributed by atoms with Crippen LogP contribution in [0.15, 0.2) is 42.5 Å². The van der Waals surface area contributed by atoms with Crippen LogP contribution >= 0.6 is 0 Å². The minimum atomic E-state index is 0.0715. The van der Waals surface area contributed by atoms with E-state index in [0.717, 1.165) is 33.9 Å². The number of hydrogen-bond donors (Lipinski definition) is 2. The molecule has 3 aromatic rings. The molecule has 1 heterocycles. The maximum absolute atomic E-state index is 9.05. The Kier molecular flexibility index (Phi) is 5.01. The molecule has 0 aliphatic rings. The van der Waals surface area contributed by atoms with Crippen LogP contribution in [-0.2, 0) is 6.54 Å². The van der Waals surface area contributed by atoms with Gasteiger partial charge in [0.2, 0.25) is 5.95 Å². The molecule has 0 fully saturated rings. The number of rotatable bonds is 7. The normalized spacial score (nSPS) is 11.0. The zero-order chi connectivity index (χ0) is 16.9. The maximum Gasteiger partial charge on any atom is 0.204 e. The molecule has 1 aromatic heterocycles. The second kappa shape index (κ2) is 7.36. The van der Waals surface area contributed by atoms with Gasteiger partial charge in [0, 0.05) is 6.54 Å². The summed E-state index contributed by atoms with van der Waals surface area (Å²) in [5.74, 6) is 1.71. The summed E-state index contributed by atoms with van der Waals surface area (Å²) in [6.45, 7) is 5.90. The number of nitrogens with zero attached hydrogens (tertiary/aromatic N) is 2. The number of nitrogens with one attached hydrogen (secondary N) is 1. The number of para-hydroxylation sites is 3. The third kappa shape index (κ3) is 3.36. The van der Waals surface area contributed by atoms with E-state index in [2.05, 4.69) is 40.8 Å². The van der Waals surface area contributed by atoms with Crippen molar-refractivity contribution in [1.82, 2.24) is 9.55 Å². The third-order valence-corrected chi connectivity index (χ3v) is 4.02. The summed E-state index contributed by atoms with van der Waals surface area (Å²) in [5, 5.41) is 12.2. The number of ether oxygens (including phenoxy) is 1. The Morgan fingerprint density at radius 1 is 1.08 bits per heavy atom. The summed E-state index contributed by atoms with van der Waals surface area (Å²) in [6.07, 6.45) is 0. The smallest absolute Gasteiger partial charge is 0.204 e. The van der Waals surface area contributed by atoms with E-state index in [1.807, 2.05) is 30.3 Å². The highest BCUT2D eigenvalue weighted by Crippen LogP contribution is 2.23. The molecule has 24 heavy (non-hydrogen) atoms. The molecule has 0 bridgehead atoms. The van der Waals surface area contributed by atoms with Crippen LogP contribution in [-0.4, -0.2) is 34.4 Å². The summed E-state index contributed by atoms with van der Waals surface area (Å²) in [5.41, 5.74) is 4.28. The number of imidazole rings is 1. The molecule has 5 nitrogen and oxygen atoms in total. The third-order valence-electron chi connectivity index (χ3n) is 4.02. The lowest BCUT2D eigenvalue weighted by atomic mass is 10.1. The zero-order valence-electron chi connectivity index (χ0n) is 14.1. The molecule has 0 unspecified atom stereocenters. The molecule has 0 aliphatic carbocycles. The summed E-state index contributed by atoms with van der Waals surface area (Å²) < 4.78 is 8.12. The predicted molar refractivity (Wildman–Crippen MR) is 96.7 cm³/mol. The summed E-state index contributed by atoms with van der Waals surface area (Å²) >= 11 is 0. The summed E-state index contributed by atoms with van der Waals surface area (Å²) in [7, 11) is 0. The molecule has 0 saturated heterocycles. The number of aliphatic hydroxyl groups is 1. The second-order valence-electron chi connectivity index (χ2n) is 5.80. The molecule has 5 heteroatoms. The lowest BCUT2D eigenvalue weighted by Gasteiger charge is -2.14. The van der Waals surface area contributed by atoms with Gasteiger partial charge in [0.1, 0.15) is 12.4 Å². The number of aromatic nitrogens is 2. The van der Waals surface area contributed by atoms with Gasteiger partial charge in [-0.3, -0.25) is 0 Å². The van der Waals surface area contributed by atoms with Gasteiger partial charge in [-0.1, -0.05) is 30.3 Å². The first-order valence-corrected chi connectivity index (χ1v) is 8.19. The average molecular weight is 325 g/mol. The molecular formula is C19H23N3O2. The Labute approximate surface area is 141 Å². The zero-order valence-corrected chi connectivity index (χ0v) is 14.1. The fourth-order valence-electron chi connectivity index (χ4n) is 2.87. The predicted octanol–water partition coefficient (Wildman–Crippen LogP) is 3.14. The van der Waals surface area contributed by atoms with Crippen molar-refractivity contribution in [3.63, 3.8) is 0 Å². The minimum Gasteiger partial charge on any atom is -0.491 e. The highest BCUT2D eigenvalue weighted by atomic mass is 16.5. The van der Waals surface area contributed by atoms with Crippen LogP contribution in [0.4, 0.5) is 5.95 Å². The first kappa shape index (κ1) is 16.3. The van der Waals surface area contributed by atoms with Crippen molar-refractivity contribution in [2.75, 3.05) is 25.1 Å². The van der Waals surface area contributed by atoms with Crippen molar-refractivity contribution in [2.45, 2.75) is 20.4 Å². The molecule has 0 spiro atoms. The lowest BCUT2D eigenvalue weighted by Crippen LogP contribution is -2.15. The highest BCUT2D eigenvalue weighted by Gasteiger charge is 2.10. The molecule has 126 valence electrons. The van der Waals surface area contributed by atoms with E-state index in [9.17, 15) is 0 Å². The molecular weight excluding hydrogens is 302 g/mol. The van der Waals surface area contributed by atoms with Crippen LogP contribution in [0.25, 0.3) is 11.0 Å². The van der Waals surface area contributed by atoms with Gasteiger partial charge in [-0.2, -0.15) is 0 Å². The Morgan fingerprint density at radius 3 is 2.58 bits per heavy atom. The Balaban J connectivity index is 1.79. The largest absolute Gasteiger partial charge is 0.491 e. The van der Waals surface area contributed by atoms with Crippen LogP contribution in [0.5, 0.6) is 5.75 Å². The van der Waals surface area contributed by atoms with E-state index in [1.54, 1.807) is 0 Å². The topological polar surface area (TPSA) is 59.3 Å². The maximum atomic E-state index is 9.05. The molecule has 0 atom stereocenters. The van der Waals surface area contributed by atoms with Crippen molar-refractivity contribution in [3.05, 3.63) is 53.6 Å². The number of hydrogen-bond acceptors (Lipinski definition) is 4. The van der Waals surface area contributed by atoms with Crippen molar-refractivity contribution in [1.29, 1.82) is 0 Å². The van der Waals surface area contributed by atoms with Crippen LogP contribution < -0.4 is 10.1 Å². The molecule has 0 saturated carbocycles. The standard InChI is InChI=1S/C19H23N3O2/c1-14-6-5-7-15(2)18(14)24-13-11-22-17-9-4-3-8-16(17)21-19(22)20-10-12-23/h3-9,23H,10-13H2,1-2H3,(H,20,21). The van der Waals surface area contributed by atoms with Gasteiger partial charge in [-0.15, -0.1) is 0 Å². The van der Waals surface area contributed by atoms with E-state index < -0.39 is 0 Å². The van der Waals surface area contributed by atoms with Gasteiger partial charge in [0.15, 0.2) is 0 Å². The van der Waals surface area contributed by atoms with E-state index in [1.165, 1.54) is 0 Å². The summed E-state index contributed by atoms with van der Waals surface area (Å²) in [4.78, 5) is 4.60. The van der Waals surface area contributed by atoms with E-state index in [-0.39, 0.29) is 6.61 Å². The first-order valence-electron chi connectivity index (χ1n) is 8.19. The first-order chi connectivity index (χ1) is 11.7. The van der Waals surface area contributed by atoms with Gasteiger partial charge in [-0.25, -0.2) is 4.98 Å². The molecule has 3 rings (SSSR count). The number of anilines is 1. The molecule has 0 amide bonds. The van der Waals surface area contributed by atoms with Gasteiger partial charge < -0.3 is 19.7 Å². The molecule has 0 aliphatic heterocycles. The Hall–Kier alpha value is -2.53. The van der Waals surface area contributed by atoms with Crippen molar-refractivity contribution >= 4 is 17.0 Å². The Morgan fingerprint density at radius 2 is 1.83 bits per heavy atom. The van der Waals surface area contributed by atoms with Crippen molar-refractivity contribution in [3.8, 4) is 5.75 Å². The van der Waals surface area contributed by atoms with Crippen molar-refractivity contribution < 1.29 is 9.84 Å². The number of aryl methyl sites for hydroxylation is 2. The minimum absolute atomic E-state index is 0.0715. The van der Waals surface area contributed by atoms with Gasteiger partial charge in [-0.05, 0) is 37.1 Å². The van der Waals surface area contributed by atoms with Crippen LogP contribution in [0, 0.1) is 13.8 Å². The lowest BCUT2D eigenvalue weighted by molar-refractivity contribution is 0.296. The fraction of sp³-hybridized carbons (Fsp3) is 0.316. The quantitative estimate of drug-likeness (QED) is 0.701. The van der Waals surface area contributed by atoms with E-state index >= 15 is 0 Å². The van der Waals surface area contributed by atoms with E-state index in [4.69, 9.17) is 9.84 Å². The monoisotopic (exact) mass is 325 g/mol. The van der Waals surface area contributed by atoms with Gasteiger partial charge >= 0.3 is 0 Å². The van der Waals surface area contributed by atoms with Gasteiger partial charge in [0.25, 0.3) is 0 Å². The van der Waals surface area contributed by atoms with Crippen LogP contribution in [0.1, 0.15) is 11.1 Å². The van der Waals surface area contributed by atoms with Crippen LogP contribution in [0.3, 0.4) is 0 Å². The average Bonchev–Trinajstić information content (AvgIpc) is 2.93. The van der Waals surface area contributed by atoms with Crippen LogP contribution in [0.2, 0.25) is 0 Å².